The Morgan fingerprint density at radius 3 is 3.12 bits per heavy atom. The van der Waals surface area contributed by atoms with Gasteiger partial charge in [0.15, 0.2) is 0 Å². The van der Waals surface area contributed by atoms with Crippen molar-refractivity contribution < 1.29 is 13.9 Å². The minimum atomic E-state index is -1.17. The molecule has 0 aliphatic heterocycles. The third kappa shape index (κ3) is 1.56. The summed E-state index contributed by atoms with van der Waals surface area (Å²) in [5.41, 5.74) is 0.0476. The minimum Gasteiger partial charge on any atom is -0.469 e. The van der Waals surface area contributed by atoms with Gasteiger partial charge in [0.05, 0.1) is 12.5 Å². The second-order valence-corrected chi connectivity index (χ2v) is 4.36. The molecule has 0 aromatic carbocycles. The minimum absolute atomic E-state index is 0.438. The van der Waals surface area contributed by atoms with Crippen LogP contribution < -0.4 is 0 Å². The first-order valence-electron chi connectivity index (χ1n) is 5.60. The highest BCUT2D eigenvalue weighted by molar-refractivity contribution is 5.38. The fraction of sp³-hybridized carbons (Fsp3) is 0.308. The van der Waals surface area contributed by atoms with E-state index in [0.29, 0.717) is 12.0 Å². The monoisotopic (exact) mass is 233 g/mol. The molecule has 1 aliphatic carbocycles. The number of furan rings is 1. The molecule has 1 aliphatic rings. The van der Waals surface area contributed by atoms with Gasteiger partial charge in [-0.25, -0.2) is 4.39 Å². The molecule has 0 bridgehead atoms. The molecule has 4 heteroatoms. The molecule has 0 saturated carbocycles. The third-order valence-electron chi connectivity index (χ3n) is 3.32. The molecule has 0 spiro atoms. The number of nitrogens with zero attached hydrogens (tertiary/aromatic N) is 1. The van der Waals surface area contributed by atoms with E-state index in [1.54, 1.807) is 12.3 Å². The van der Waals surface area contributed by atoms with Gasteiger partial charge in [0.2, 0.25) is 0 Å². The summed E-state index contributed by atoms with van der Waals surface area (Å²) in [4.78, 5) is 3.80. The maximum atomic E-state index is 13.2. The SMILES string of the molecule is OC1(c2cncc(F)c2)CCCc2occc21. The Morgan fingerprint density at radius 2 is 2.29 bits per heavy atom. The van der Waals surface area contributed by atoms with Crippen molar-refractivity contribution in [3.05, 3.63) is 53.5 Å². The van der Waals surface area contributed by atoms with Crippen molar-refractivity contribution in [3.8, 4) is 0 Å². The highest BCUT2D eigenvalue weighted by Gasteiger charge is 2.38. The number of hydrogen-bond acceptors (Lipinski definition) is 3. The topological polar surface area (TPSA) is 46.3 Å². The standard InChI is InChI=1S/C13H12FNO2/c14-10-6-9(7-15-8-10)13(16)4-1-2-12-11(13)3-5-17-12/h3,5-8,16H,1-2,4H2. The summed E-state index contributed by atoms with van der Waals surface area (Å²) < 4.78 is 18.5. The molecule has 2 aromatic rings. The molecule has 88 valence electrons. The lowest BCUT2D eigenvalue weighted by molar-refractivity contribution is 0.0582. The summed E-state index contributed by atoms with van der Waals surface area (Å²) in [6.45, 7) is 0. The second kappa shape index (κ2) is 3.67. The average Bonchev–Trinajstić information content (AvgIpc) is 2.79. The summed E-state index contributed by atoms with van der Waals surface area (Å²) in [7, 11) is 0. The Kier molecular flexibility index (Phi) is 2.26. The van der Waals surface area contributed by atoms with Crippen LogP contribution in [0.1, 0.15) is 29.7 Å². The largest absolute Gasteiger partial charge is 0.469 e. The Balaban J connectivity index is 2.15. The highest BCUT2D eigenvalue weighted by Crippen LogP contribution is 2.40. The molecule has 17 heavy (non-hydrogen) atoms. The number of fused-ring (bicyclic) bond motifs is 1. The molecular formula is C13H12FNO2. The van der Waals surface area contributed by atoms with Crippen molar-refractivity contribution in [1.29, 1.82) is 0 Å². The number of pyridine rings is 1. The lowest BCUT2D eigenvalue weighted by Crippen LogP contribution is -2.31. The second-order valence-electron chi connectivity index (χ2n) is 4.36. The van der Waals surface area contributed by atoms with Gasteiger partial charge in [-0.3, -0.25) is 4.98 Å². The highest BCUT2D eigenvalue weighted by atomic mass is 19.1. The molecule has 1 N–H and O–H groups in total. The molecule has 0 radical (unpaired) electrons. The number of halogens is 1. The van der Waals surface area contributed by atoms with Crippen molar-refractivity contribution in [2.45, 2.75) is 24.9 Å². The zero-order valence-corrected chi connectivity index (χ0v) is 9.19. The van der Waals surface area contributed by atoms with Crippen LogP contribution in [0.2, 0.25) is 0 Å². The van der Waals surface area contributed by atoms with Gasteiger partial charge >= 0.3 is 0 Å². The fourth-order valence-corrected chi connectivity index (χ4v) is 2.48. The van der Waals surface area contributed by atoms with Gasteiger partial charge in [-0.05, 0) is 25.0 Å². The molecule has 0 fully saturated rings. The average molecular weight is 233 g/mol. The van der Waals surface area contributed by atoms with Crippen molar-refractivity contribution >= 4 is 0 Å². The van der Waals surface area contributed by atoms with Gasteiger partial charge in [-0.2, -0.15) is 0 Å². The number of rotatable bonds is 1. The van der Waals surface area contributed by atoms with E-state index < -0.39 is 11.4 Å². The Labute approximate surface area is 97.9 Å². The zero-order valence-electron chi connectivity index (χ0n) is 9.19. The molecular weight excluding hydrogens is 221 g/mol. The summed E-state index contributed by atoms with van der Waals surface area (Å²) in [5, 5.41) is 10.7. The normalized spacial score (nSPS) is 23.4. The van der Waals surface area contributed by atoms with E-state index in [4.69, 9.17) is 4.42 Å². The van der Waals surface area contributed by atoms with Crippen LogP contribution in [-0.4, -0.2) is 10.1 Å². The quantitative estimate of drug-likeness (QED) is 0.822. The van der Waals surface area contributed by atoms with Crippen LogP contribution in [0, 0.1) is 5.82 Å². The van der Waals surface area contributed by atoms with Gasteiger partial charge in [0.25, 0.3) is 0 Å². The predicted molar refractivity (Wildman–Crippen MR) is 58.8 cm³/mol. The smallest absolute Gasteiger partial charge is 0.141 e. The number of aromatic nitrogens is 1. The number of aryl methyl sites for hydroxylation is 1. The van der Waals surface area contributed by atoms with E-state index in [1.165, 1.54) is 12.3 Å². The van der Waals surface area contributed by atoms with Gasteiger partial charge in [0.1, 0.15) is 17.2 Å². The van der Waals surface area contributed by atoms with Gasteiger partial charge in [-0.1, -0.05) is 0 Å². The van der Waals surface area contributed by atoms with Crippen LogP contribution in [0.4, 0.5) is 4.39 Å². The molecule has 1 atom stereocenters. The maximum absolute atomic E-state index is 13.2. The summed E-state index contributed by atoms with van der Waals surface area (Å²) in [5.74, 6) is 0.342. The van der Waals surface area contributed by atoms with E-state index in [2.05, 4.69) is 4.98 Å². The Morgan fingerprint density at radius 1 is 1.41 bits per heavy atom. The summed E-state index contributed by atoms with van der Waals surface area (Å²) >= 11 is 0. The molecule has 3 nitrogen and oxygen atoms in total. The Bertz CT molecular complexity index is 552. The van der Waals surface area contributed by atoms with Crippen molar-refractivity contribution in [1.82, 2.24) is 4.98 Å². The van der Waals surface area contributed by atoms with Crippen molar-refractivity contribution in [2.75, 3.05) is 0 Å². The molecule has 1 unspecified atom stereocenters. The van der Waals surface area contributed by atoms with E-state index in [-0.39, 0.29) is 0 Å². The fourth-order valence-electron chi connectivity index (χ4n) is 2.48. The lowest BCUT2D eigenvalue weighted by atomic mass is 9.78. The first-order valence-corrected chi connectivity index (χ1v) is 5.60. The predicted octanol–water partition coefficient (Wildman–Crippen LogP) is 2.39. The number of hydrogen-bond donors (Lipinski definition) is 1. The lowest BCUT2D eigenvalue weighted by Gasteiger charge is -2.31. The maximum Gasteiger partial charge on any atom is 0.141 e. The molecule has 0 amide bonds. The first-order chi connectivity index (χ1) is 8.20. The van der Waals surface area contributed by atoms with Crippen molar-refractivity contribution in [3.63, 3.8) is 0 Å². The van der Waals surface area contributed by atoms with Crippen LogP contribution >= 0.6 is 0 Å². The van der Waals surface area contributed by atoms with Gasteiger partial charge in [0, 0.05) is 23.7 Å². The molecule has 2 heterocycles. The summed E-state index contributed by atoms with van der Waals surface area (Å²) in [6.07, 6.45) is 6.39. The van der Waals surface area contributed by atoms with E-state index >= 15 is 0 Å². The Hall–Kier alpha value is -1.68. The van der Waals surface area contributed by atoms with E-state index in [0.717, 1.165) is 30.4 Å². The molecule has 2 aromatic heterocycles. The van der Waals surface area contributed by atoms with Crippen LogP contribution in [-0.2, 0) is 12.0 Å². The van der Waals surface area contributed by atoms with Crippen LogP contribution in [0.15, 0.2) is 35.2 Å². The zero-order chi connectivity index (χ0) is 11.9. The molecule has 0 saturated heterocycles. The van der Waals surface area contributed by atoms with Gasteiger partial charge in [-0.15, -0.1) is 0 Å². The summed E-state index contributed by atoms with van der Waals surface area (Å²) in [6, 6.07) is 3.08. The van der Waals surface area contributed by atoms with Crippen LogP contribution in [0.3, 0.4) is 0 Å². The van der Waals surface area contributed by atoms with E-state index in [1.807, 2.05) is 0 Å². The number of aliphatic hydroxyl groups is 1. The molecule has 3 rings (SSSR count). The van der Waals surface area contributed by atoms with E-state index in [9.17, 15) is 9.50 Å². The van der Waals surface area contributed by atoms with Crippen LogP contribution in [0.25, 0.3) is 0 Å². The first kappa shape index (κ1) is 10.5. The van der Waals surface area contributed by atoms with Gasteiger partial charge < -0.3 is 9.52 Å². The third-order valence-corrected chi connectivity index (χ3v) is 3.32. The van der Waals surface area contributed by atoms with Crippen LogP contribution in [0.5, 0.6) is 0 Å². The van der Waals surface area contributed by atoms with Crippen molar-refractivity contribution in [2.24, 2.45) is 0 Å².